The standard InChI is InChI=1S/C15H27N3S/c1-5-16-12(3)14-10-17-15(19-14)18(4)13-8-6-11(2)7-9-13/h10-13,16H,5-9H2,1-4H3. The summed E-state index contributed by atoms with van der Waals surface area (Å²) in [6, 6.07) is 1.10. The van der Waals surface area contributed by atoms with Crippen LogP contribution >= 0.6 is 11.3 Å². The smallest absolute Gasteiger partial charge is 0.185 e. The first-order chi connectivity index (χ1) is 9.11. The molecule has 0 bridgehead atoms. The summed E-state index contributed by atoms with van der Waals surface area (Å²) >= 11 is 1.84. The van der Waals surface area contributed by atoms with Gasteiger partial charge >= 0.3 is 0 Å². The van der Waals surface area contributed by atoms with Crippen molar-refractivity contribution in [3.05, 3.63) is 11.1 Å². The highest BCUT2D eigenvalue weighted by molar-refractivity contribution is 7.15. The summed E-state index contributed by atoms with van der Waals surface area (Å²) in [5.74, 6) is 0.908. The summed E-state index contributed by atoms with van der Waals surface area (Å²) in [5, 5.41) is 4.63. The first-order valence-electron chi connectivity index (χ1n) is 7.53. The number of nitrogens with one attached hydrogen (secondary N) is 1. The summed E-state index contributed by atoms with van der Waals surface area (Å²) in [4.78, 5) is 8.36. The van der Waals surface area contributed by atoms with Crippen LogP contribution in [0.5, 0.6) is 0 Å². The topological polar surface area (TPSA) is 28.2 Å². The second-order valence-electron chi connectivity index (χ2n) is 5.85. The molecule has 1 N–H and O–H groups in total. The highest BCUT2D eigenvalue weighted by Crippen LogP contribution is 2.32. The van der Waals surface area contributed by atoms with E-state index in [4.69, 9.17) is 0 Å². The lowest BCUT2D eigenvalue weighted by Crippen LogP contribution is -2.34. The van der Waals surface area contributed by atoms with E-state index in [1.54, 1.807) is 0 Å². The molecule has 0 amide bonds. The van der Waals surface area contributed by atoms with E-state index in [0.717, 1.165) is 12.5 Å². The first kappa shape index (κ1) is 14.8. The largest absolute Gasteiger partial charge is 0.348 e. The van der Waals surface area contributed by atoms with Crippen molar-refractivity contribution in [2.45, 2.75) is 58.5 Å². The van der Waals surface area contributed by atoms with Gasteiger partial charge in [0.25, 0.3) is 0 Å². The van der Waals surface area contributed by atoms with Gasteiger partial charge in [-0.15, -0.1) is 11.3 Å². The lowest BCUT2D eigenvalue weighted by molar-refractivity contribution is 0.340. The molecule has 3 nitrogen and oxygen atoms in total. The van der Waals surface area contributed by atoms with Gasteiger partial charge in [-0.3, -0.25) is 0 Å². The lowest BCUT2D eigenvalue weighted by atomic mass is 9.87. The fourth-order valence-corrected chi connectivity index (χ4v) is 3.81. The van der Waals surface area contributed by atoms with Gasteiger partial charge in [0.05, 0.1) is 0 Å². The zero-order chi connectivity index (χ0) is 13.8. The molecular weight excluding hydrogens is 254 g/mol. The van der Waals surface area contributed by atoms with Crippen molar-refractivity contribution in [2.75, 3.05) is 18.5 Å². The minimum absolute atomic E-state index is 0.413. The van der Waals surface area contributed by atoms with Crippen LogP contribution in [0, 0.1) is 5.92 Å². The minimum atomic E-state index is 0.413. The third-order valence-electron chi connectivity index (χ3n) is 4.28. The van der Waals surface area contributed by atoms with Gasteiger partial charge in [0.15, 0.2) is 5.13 Å². The van der Waals surface area contributed by atoms with E-state index in [2.05, 4.69) is 43.0 Å². The van der Waals surface area contributed by atoms with E-state index in [-0.39, 0.29) is 0 Å². The number of rotatable bonds is 5. The number of anilines is 1. The Hall–Kier alpha value is -0.610. The molecule has 0 aliphatic heterocycles. The van der Waals surface area contributed by atoms with Crippen molar-refractivity contribution in [1.29, 1.82) is 0 Å². The molecule has 0 saturated heterocycles. The lowest BCUT2D eigenvalue weighted by Gasteiger charge is -2.33. The van der Waals surface area contributed by atoms with Crippen LogP contribution in [0.3, 0.4) is 0 Å². The summed E-state index contributed by atoms with van der Waals surface area (Å²) in [7, 11) is 2.21. The third kappa shape index (κ3) is 3.69. The van der Waals surface area contributed by atoms with E-state index < -0.39 is 0 Å². The van der Waals surface area contributed by atoms with Gasteiger partial charge in [0.2, 0.25) is 0 Å². The van der Waals surface area contributed by atoms with Crippen molar-refractivity contribution in [3.8, 4) is 0 Å². The summed E-state index contributed by atoms with van der Waals surface area (Å²) < 4.78 is 0. The zero-order valence-corrected chi connectivity index (χ0v) is 13.5. The zero-order valence-electron chi connectivity index (χ0n) is 12.6. The second-order valence-corrected chi connectivity index (χ2v) is 6.89. The van der Waals surface area contributed by atoms with Crippen LogP contribution in [0.2, 0.25) is 0 Å². The minimum Gasteiger partial charge on any atom is -0.348 e. The van der Waals surface area contributed by atoms with Gasteiger partial charge in [-0.25, -0.2) is 4.98 Å². The third-order valence-corrected chi connectivity index (χ3v) is 5.55. The highest BCUT2D eigenvalue weighted by Gasteiger charge is 2.23. The molecule has 1 saturated carbocycles. The number of hydrogen-bond donors (Lipinski definition) is 1. The number of hydrogen-bond acceptors (Lipinski definition) is 4. The number of aromatic nitrogens is 1. The molecule has 1 aliphatic carbocycles. The van der Waals surface area contributed by atoms with Crippen LogP contribution in [0.1, 0.15) is 57.4 Å². The van der Waals surface area contributed by atoms with Gasteiger partial charge in [0.1, 0.15) is 0 Å². The molecule has 2 rings (SSSR count). The van der Waals surface area contributed by atoms with Gasteiger partial charge in [-0.1, -0.05) is 13.8 Å². The molecule has 0 spiro atoms. The van der Waals surface area contributed by atoms with Crippen molar-refractivity contribution in [2.24, 2.45) is 5.92 Å². The maximum absolute atomic E-state index is 4.62. The monoisotopic (exact) mass is 281 g/mol. The average molecular weight is 281 g/mol. The number of thiazole rings is 1. The Morgan fingerprint density at radius 1 is 1.42 bits per heavy atom. The molecule has 0 aromatic carbocycles. The summed E-state index contributed by atoms with van der Waals surface area (Å²) in [5.41, 5.74) is 0. The van der Waals surface area contributed by atoms with E-state index >= 15 is 0 Å². The molecule has 4 heteroatoms. The summed E-state index contributed by atoms with van der Waals surface area (Å²) in [6.45, 7) is 7.73. The molecule has 108 valence electrons. The Kier molecular flexibility index (Phi) is 5.22. The maximum Gasteiger partial charge on any atom is 0.185 e. The van der Waals surface area contributed by atoms with E-state index in [1.165, 1.54) is 35.7 Å². The fourth-order valence-electron chi connectivity index (χ4n) is 2.83. The van der Waals surface area contributed by atoms with Crippen LogP contribution < -0.4 is 10.2 Å². The van der Waals surface area contributed by atoms with E-state index in [9.17, 15) is 0 Å². The molecule has 1 fully saturated rings. The van der Waals surface area contributed by atoms with Crippen LogP contribution in [0.25, 0.3) is 0 Å². The molecule has 1 atom stereocenters. The van der Waals surface area contributed by atoms with Gasteiger partial charge in [0, 0.05) is 30.2 Å². The fraction of sp³-hybridized carbons (Fsp3) is 0.800. The number of nitrogens with zero attached hydrogens (tertiary/aromatic N) is 2. The Morgan fingerprint density at radius 3 is 2.74 bits per heavy atom. The Bertz CT molecular complexity index is 382. The SMILES string of the molecule is CCNC(C)c1cnc(N(C)C2CCC(C)CC2)s1. The Balaban J connectivity index is 1.97. The molecule has 1 aromatic rings. The average Bonchev–Trinajstić information content (AvgIpc) is 2.89. The molecule has 1 unspecified atom stereocenters. The highest BCUT2D eigenvalue weighted by atomic mass is 32.1. The molecule has 19 heavy (non-hydrogen) atoms. The van der Waals surface area contributed by atoms with Crippen LogP contribution in [0.4, 0.5) is 5.13 Å². The van der Waals surface area contributed by atoms with E-state index in [1.807, 2.05) is 17.5 Å². The van der Waals surface area contributed by atoms with Crippen LogP contribution in [-0.2, 0) is 0 Å². The van der Waals surface area contributed by atoms with Crippen LogP contribution in [0.15, 0.2) is 6.20 Å². The molecular formula is C15H27N3S. The molecule has 1 heterocycles. The van der Waals surface area contributed by atoms with Crippen molar-refractivity contribution < 1.29 is 0 Å². The quantitative estimate of drug-likeness (QED) is 0.889. The predicted molar refractivity (Wildman–Crippen MR) is 84.0 cm³/mol. The van der Waals surface area contributed by atoms with E-state index in [0.29, 0.717) is 12.1 Å². The predicted octanol–water partition coefficient (Wildman–Crippen LogP) is 3.83. The summed E-state index contributed by atoms with van der Waals surface area (Å²) in [6.07, 6.45) is 7.39. The van der Waals surface area contributed by atoms with Crippen molar-refractivity contribution in [3.63, 3.8) is 0 Å². The van der Waals surface area contributed by atoms with Gasteiger partial charge in [-0.05, 0) is 45.1 Å². The Labute approximate surface area is 121 Å². The van der Waals surface area contributed by atoms with Gasteiger partial charge < -0.3 is 10.2 Å². The van der Waals surface area contributed by atoms with Crippen LogP contribution in [-0.4, -0.2) is 24.6 Å². The Morgan fingerprint density at radius 2 is 2.11 bits per heavy atom. The molecule has 1 aromatic heterocycles. The van der Waals surface area contributed by atoms with Crippen molar-refractivity contribution >= 4 is 16.5 Å². The van der Waals surface area contributed by atoms with Gasteiger partial charge in [-0.2, -0.15) is 0 Å². The maximum atomic E-state index is 4.62. The normalized spacial score (nSPS) is 25.3. The second kappa shape index (κ2) is 6.71. The van der Waals surface area contributed by atoms with Crippen molar-refractivity contribution in [1.82, 2.24) is 10.3 Å². The molecule has 1 aliphatic rings. The molecule has 0 radical (unpaired) electrons. The first-order valence-corrected chi connectivity index (χ1v) is 8.35.